The van der Waals surface area contributed by atoms with Gasteiger partial charge in [-0.05, 0) is 18.2 Å². The first-order valence-electron chi connectivity index (χ1n) is 5.95. The van der Waals surface area contributed by atoms with Gasteiger partial charge in [0, 0.05) is 27.3 Å². The average molecular weight is 268 g/mol. The molecule has 0 unspecified atom stereocenters. The fraction of sp³-hybridized carbons (Fsp3) is 0.462. The van der Waals surface area contributed by atoms with Crippen LogP contribution < -0.4 is 10.6 Å². The van der Waals surface area contributed by atoms with Gasteiger partial charge in [-0.2, -0.15) is 0 Å². The molecule has 0 fully saturated rings. The number of rotatable bonds is 8. The second-order valence-electron chi connectivity index (χ2n) is 4.05. The molecule has 0 saturated carbocycles. The first kappa shape index (κ1) is 15.3. The summed E-state index contributed by atoms with van der Waals surface area (Å²) in [5, 5.41) is 8.91. The Hall–Kier alpha value is -1.79. The van der Waals surface area contributed by atoms with Gasteiger partial charge in [0.2, 0.25) is 0 Å². The maximum Gasteiger partial charge on any atom is 0.335 e. The molecule has 19 heavy (non-hydrogen) atoms. The lowest BCUT2D eigenvalue weighted by molar-refractivity contribution is 0.0697. The number of nitrogens with two attached hydrogens (primary N) is 1. The quantitative estimate of drug-likeness (QED) is 0.686. The fourth-order valence-corrected chi connectivity index (χ4v) is 1.73. The molecule has 3 N–H and O–H groups in total. The highest BCUT2D eigenvalue weighted by Gasteiger charge is 2.12. The van der Waals surface area contributed by atoms with Gasteiger partial charge in [0.1, 0.15) is 0 Å². The predicted octanol–water partition coefficient (Wildman–Crippen LogP) is 1.07. The number of carboxylic acid groups (broad SMARTS) is 1. The summed E-state index contributed by atoms with van der Waals surface area (Å²) < 4.78 is 10.1. The number of nitrogen functional groups attached to an aromatic ring is 1. The normalized spacial score (nSPS) is 10.4. The van der Waals surface area contributed by atoms with Crippen molar-refractivity contribution in [3.63, 3.8) is 0 Å². The monoisotopic (exact) mass is 268 g/mol. The van der Waals surface area contributed by atoms with E-state index >= 15 is 0 Å². The zero-order chi connectivity index (χ0) is 14.3. The van der Waals surface area contributed by atoms with Crippen LogP contribution in [-0.4, -0.2) is 51.6 Å². The minimum Gasteiger partial charge on any atom is -0.478 e. The summed E-state index contributed by atoms with van der Waals surface area (Å²) in [7, 11) is 3.26. The number of hydrogen-bond acceptors (Lipinski definition) is 5. The zero-order valence-electron chi connectivity index (χ0n) is 11.3. The molecular weight excluding hydrogens is 248 g/mol. The number of nitrogens with zero attached hydrogens (tertiary/aromatic N) is 1. The van der Waals surface area contributed by atoms with E-state index in [9.17, 15) is 4.79 Å². The van der Waals surface area contributed by atoms with E-state index in [1.165, 1.54) is 6.07 Å². The minimum absolute atomic E-state index is 0.180. The Morgan fingerprint density at radius 3 is 2.26 bits per heavy atom. The van der Waals surface area contributed by atoms with E-state index in [2.05, 4.69) is 0 Å². The maximum absolute atomic E-state index is 10.9. The number of ether oxygens (including phenoxy) is 2. The van der Waals surface area contributed by atoms with Crippen molar-refractivity contribution in [1.29, 1.82) is 0 Å². The van der Waals surface area contributed by atoms with Crippen molar-refractivity contribution < 1.29 is 19.4 Å². The smallest absolute Gasteiger partial charge is 0.335 e. The number of hydrogen-bond donors (Lipinski definition) is 2. The molecule has 1 rings (SSSR count). The van der Waals surface area contributed by atoms with Crippen LogP contribution in [0.2, 0.25) is 0 Å². The molecular formula is C13H20N2O4. The van der Waals surface area contributed by atoms with Gasteiger partial charge >= 0.3 is 5.97 Å². The van der Waals surface area contributed by atoms with Gasteiger partial charge in [-0.15, -0.1) is 0 Å². The highest BCUT2D eigenvalue weighted by molar-refractivity contribution is 5.90. The Balaban J connectivity index is 2.90. The number of anilines is 2. The predicted molar refractivity (Wildman–Crippen MR) is 73.8 cm³/mol. The highest BCUT2D eigenvalue weighted by atomic mass is 16.5. The summed E-state index contributed by atoms with van der Waals surface area (Å²) in [6.45, 7) is 2.45. The van der Waals surface area contributed by atoms with Gasteiger partial charge in [-0.25, -0.2) is 4.79 Å². The molecule has 0 aromatic heterocycles. The van der Waals surface area contributed by atoms with Gasteiger partial charge in [0.25, 0.3) is 0 Å². The second-order valence-corrected chi connectivity index (χ2v) is 4.05. The first-order valence-corrected chi connectivity index (χ1v) is 5.95. The van der Waals surface area contributed by atoms with Crippen LogP contribution in [0.5, 0.6) is 0 Å². The van der Waals surface area contributed by atoms with Crippen LogP contribution >= 0.6 is 0 Å². The highest BCUT2D eigenvalue weighted by Crippen LogP contribution is 2.24. The fourth-order valence-electron chi connectivity index (χ4n) is 1.73. The summed E-state index contributed by atoms with van der Waals surface area (Å²) in [6.07, 6.45) is 0. The maximum atomic E-state index is 10.9. The third-order valence-corrected chi connectivity index (χ3v) is 2.75. The van der Waals surface area contributed by atoms with E-state index < -0.39 is 5.97 Å². The van der Waals surface area contributed by atoms with Crippen LogP contribution in [0.25, 0.3) is 0 Å². The average Bonchev–Trinajstić information content (AvgIpc) is 2.39. The number of carbonyl (C=O) groups is 1. The van der Waals surface area contributed by atoms with Crippen molar-refractivity contribution in [3.05, 3.63) is 23.8 Å². The minimum atomic E-state index is -0.987. The molecule has 0 atom stereocenters. The Bertz CT molecular complexity index is 415. The lowest BCUT2D eigenvalue weighted by Crippen LogP contribution is -2.31. The topological polar surface area (TPSA) is 85.0 Å². The third-order valence-electron chi connectivity index (χ3n) is 2.75. The van der Waals surface area contributed by atoms with Crippen LogP contribution in [0.1, 0.15) is 10.4 Å². The summed E-state index contributed by atoms with van der Waals surface area (Å²) in [4.78, 5) is 12.9. The van der Waals surface area contributed by atoms with E-state index in [0.717, 1.165) is 5.69 Å². The molecule has 6 heteroatoms. The van der Waals surface area contributed by atoms with Crippen LogP contribution in [0, 0.1) is 0 Å². The lowest BCUT2D eigenvalue weighted by atomic mass is 10.1. The Morgan fingerprint density at radius 1 is 1.26 bits per heavy atom. The van der Waals surface area contributed by atoms with Crippen LogP contribution in [0.3, 0.4) is 0 Å². The van der Waals surface area contributed by atoms with E-state index in [4.69, 9.17) is 20.3 Å². The summed E-state index contributed by atoms with van der Waals surface area (Å²) in [5.74, 6) is -0.987. The molecule has 1 aromatic carbocycles. The Labute approximate surface area is 112 Å². The Kier molecular flexibility index (Phi) is 6.11. The summed E-state index contributed by atoms with van der Waals surface area (Å²) in [5.41, 5.74) is 7.33. The number of aromatic carboxylic acids is 1. The van der Waals surface area contributed by atoms with E-state index in [1.54, 1.807) is 26.4 Å². The lowest BCUT2D eigenvalue weighted by Gasteiger charge is -2.25. The largest absolute Gasteiger partial charge is 0.478 e. The molecule has 0 saturated heterocycles. The second kappa shape index (κ2) is 7.60. The molecule has 0 aliphatic carbocycles. The molecule has 0 aliphatic rings. The van der Waals surface area contributed by atoms with Crippen molar-refractivity contribution in [2.45, 2.75) is 0 Å². The molecule has 0 heterocycles. The van der Waals surface area contributed by atoms with Crippen LogP contribution in [0.15, 0.2) is 18.2 Å². The van der Waals surface area contributed by atoms with Crippen LogP contribution in [0.4, 0.5) is 11.4 Å². The summed E-state index contributed by atoms with van der Waals surface area (Å²) >= 11 is 0. The molecule has 0 spiro atoms. The zero-order valence-corrected chi connectivity index (χ0v) is 11.3. The van der Waals surface area contributed by atoms with Crippen molar-refractivity contribution >= 4 is 17.3 Å². The van der Waals surface area contributed by atoms with Crippen molar-refractivity contribution in [1.82, 2.24) is 0 Å². The molecule has 106 valence electrons. The van der Waals surface area contributed by atoms with E-state index in [1.807, 2.05) is 4.90 Å². The standard InChI is InChI=1S/C13H20N2O4/c1-18-7-5-15(6-8-19-2)12-4-3-10(13(16)17)9-11(12)14/h3-4,9H,5-8,14H2,1-2H3,(H,16,17). The molecule has 0 bridgehead atoms. The van der Waals surface area contributed by atoms with Crippen molar-refractivity contribution in [2.24, 2.45) is 0 Å². The molecule has 6 nitrogen and oxygen atoms in total. The van der Waals surface area contributed by atoms with Crippen LogP contribution in [-0.2, 0) is 9.47 Å². The van der Waals surface area contributed by atoms with Gasteiger partial charge < -0.3 is 25.2 Å². The Morgan fingerprint density at radius 2 is 1.84 bits per heavy atom. The van der Waals surface area contributed by atoms with Gasteiger partial charge in [0.05, 0.1) is 30.2 Å². The third kappa shape index (κ3) is 4.42. The van der Waals surface area contributed by atoms with E-state index in [0.29, 0.717) is 32.0 Å². The number of carboxylic acids is 1. The molecule has 1 aromatic rings. The molecule has 0 radical (unpaired) electrons. The summed E-state index contributed by atoms with van der Waals surface area (Å²) in [6, 6.07) is 4.72. The van der Waals surface area contributed by atoms with Gasteiger partial charge in [0.15, 0.2) is 0 Å². The van der Waals surface area contributed by atoms with Gasteiger partial charge in [-0.1, -0.05) is 0 Å². The SMILES string of the molecule is COCCN(CCOC)c1ccc(C(=O)O)cc1N. The first-order chi connectivity index (χ1) is 9.10. The molecule has 0 aliphatic heterocycles. The number of benzene rings is 1. The van der Waals surface area contributed by atoms with Crippen molar-refractivity contribution in [3.8, 4) is 0 Å². The van der Waals surface area contributed by atoms with E-state index in [-0.39, 0.29) is 5.56 Å². The number of methoxy groups -OCH3 is 2. The van der Waals surface area contributed by atoms with Crippen molar-refractivity contribution in [2.75, 3.05) is 51.2 Å². The molecule has 0 amide bonds. The van der Waals surface area contributed by atoms with Gasteiger partial charge in [-0.3, -0.25) is 0 Å².